The van der Waals surface area contributed by atoms with Crippen molar-refractivity contribution in [2.75, 3.05) is 0 Å². The van der Waals surface area contributed by atoms with Gasteiger partial charge in [0.25, 0.3) is 0 Å². The lowest BCUT2D eigenvalue weighted by Gasteiger charge is -1.99. The molecule has 1 aromatic carbocycles. The van der Waals surface area contributed by atoms with Crippen LogP contribution in [0.4, 0.5) is 5.69 Å². The first-order valence-electron chi connectivity index (χ1n) is 4.16. The van der Waals surface area contributed by atoms with Gasteiger partial charge in [0, 0.05) is 0 Å². The van der Waals surface area contributed by atoms with Crippen molar-refractivity contribution in [1.29, 1.82) is 5.26 Å². The minimum atomic E-state index is -0.221. The topological polar surface area (TPSA) is 99.5 Å². The lowest BCUT2D eigenvalue weighted by atomic mass is 10.1. The molecule has 0 aliphatic rings. The summed E-state index contributed by atoms with van der Waals surface area (Å²) in [4.78, 5) is 10.3. The van der Waals surface area contributed by atoms with E-state index in [4.69, 9.17) is 11.0 Å². The molecule has 5 nitrogen and oxygen atoms in total. The van der Waals surface area contributed by atoms with Crippen molar-refractivity contribution in [3.8, 4) is 11.8 Å². The minimum Gasteiger partial charge on any atom is -0.506 e. The fourth-order valence-electron chi connectivity index (χ4n) is 1.03. The third-order valence-corrected chi connectivity index (χ3v) is 2.01. The number of rotatable bonds is 3. The van der Waals surface area contributed by atoms with E-state index in [0.717, 1.165) is 0 Å². The summed E-state index contributed by atoms with van der Waals surface area (Å²) >= 11 is 4.65. The third-order valence-electron chi connectivity index (χ3n) is 1.79. The zero-order chi connectivity index (χ0) is 12.1. The fraction of sp³-hybridized carbons (Fsp3) is 0. The van der Waals surface area contributed by atoms with E-state index >= 15 is 0 Å². The Hall–Kier alpha value is -2.26. The van der Waals surface area contributed by atoms with Crippen LogP contribution in [-0.2, 0) is 0 Å². The Morgan fingerprint density at radius 3 is 2.81 bits per heavy atom. The maximum atomic E-state index is 10.3. The molecule has 0 saturated heterocycles. The SMILES string of the molecule is N#C/C(=C\c1ccc(O)c(N=O)c1)C(N)=S. The Morgan fingerprint density at radius 1 is 1.62 bits per heavy atom. The first kappa shape index (κ1) is 11.8. The third kappa shape index (κ3) is 2.62. The molecule has 0 unspecified atom stereocenters. The van der Waals surface area contributed by atoms with Gasteiger partial charge in [-0.05, 0) is 28.9 Å². The Bertz CT molecular complexity index is 517. The largest absolute Gasteiger partial charge is 0.506 e. The summed E-state index contributed by atoms with van der Waals surface area (Å²) in [5, 5.41) is 20.6. The highest BCUT2D eigenvalue weighted by atomic mass is 32.1. The number of nitrogens with two attached hydrogens (primary N) is 1. The molecule has 0 aliphatic carbocycles. The molecule has 16 heavy (non-hydrogen) atoms. The highest BCUT2D eigenvalue weighted by Gasteiger charge is 2.04. The Morgan fingerprint density at radius 2 is 2.31 bits per heavy atom. The van der Waals surface area contributed by atoms with E-state index < -0.39 is 0 Å². The molecule has 6 heteroatoms. The molecule has 0 aromatic heterocycles. The van der Waals surface area contributed by atoms with Crippen LogP contribution >= 0.6 is 12.2 Å². The van der Waals surface area contributed by atoms with E-state index in [0.29, 0.717) is 5.56 Å². The van der Waals surface area contributed by atoms with E-state index in [1.54, 1.807) is 0 Å². The van der Waals surface area contributed by atoms with Crippen molar-refractivity contribution in [3.05, 3.63) is 34.2 Å². The van der Waals surface area contributed by atoms with Crippen LogP contribution in [0.3, 0.4) is 0 Å². The molecule has 0 heterocycles. The van der Waals surface area contributed by atoms with Crippen LogP contribution in [0.2, 0.25) is 0 Å². The Labute approximate surface area is 96.8 Å². The standard InChI is InChI=1S/C10H7N3O2S/c11-5-7(10(12)16)3-6-1-2-9(14)8(4-6)13-15/h1-4,14H,(H2,12,16)/b7-3+. The van der Waals surface area contributed by atoms with Gasteiger partial charge in [0.15, 0.2) is 0 Å². The quantitative estimate of drug-likeness (QED) is 0.360. The zero-order valence-corrected chi connectivity index (χ0v) is 8.86. The van der Waals surface area contributed by atoms with Gasteiger partial charge in [0.05, 0.1) is 5.57 Å². The summed E-state index contributed by atoms with van der Waals surface area (Å²) in [6.45, 7) is 0. The molecule has 3 N–H and O–H groups in total. The summed E-state index contributed by atoms with van der Waals surface area (Å²) in [6.07, 6.45) is 1.41. The van der Waals surface area contributed by atoms with E-state index in [1.165, 1.54) is 24.3 Å². The van der Waals surface area contributed by atoms with Crippen LogP contribution in [0.1, 0.15) is 5.56 Å². The molecule has 1 aromatic rings. The molecular weight excluding hydrogens is 226 g/mol. The average molecular weight is 233 g/mol. The number of benzene rings is 1. The number of nitroso groups, excluding NO2 is 1. The zero-order valence-electron chi connectivity index (χ0n) is 8.04. The van der Waals surface area contributed by atoms with Crippen LogP contribution in [0, 0.1) is 16.2 Å². The maximum absolute atomic E-state index is 10.3. The number of nitrogens with zero attached hydrogens (tertiary/aromatic N) is 2. The maximum Gasteiger partial charge on any atom is 0.150 e. The molecule has 0 radical (unpaired) electrons. The van der Waals surface area contributed by atoms with Crippen LogP contribution in [-0.4, -0.2) is 10.1 Å². The van der Waals surface area contributed by atoms with Crippen molar-refractivity contribution in [3.63, 3.8) is 0 Å². The van der Waals surface area contributed by atoms with Crippen molar-refractivity contribution in [2.45, 2.75) is 0 Å². The normalized spacial score (nSPS) is 10.6. The van der Waals surface area contributed by atoms with Crippen LogP contribution in [0.15, 0.2) is 28.9 Å². The molecule has 0 aliphatic heterocycles. The summed E-state index contributed by atoms with van der Waals surface area (Å²) < 4.78 is 0. The van der Waals surface area contributed by atoms with Gasteiger partial charge in [-0.15, -0.1) is 4.91 Å². The summed E-state index contributed by atoms with van der Waals surface area (Å²) in [6, 6.07) is 5.97. The second kappa shape index (κ2) is 5.00. The van der Waals surface area contributed by atoms with Crippen molar-refractivity contribution < 1.29 is 5.11 Å². The molecule has 0 fully saturated rings. The second-order valence-electron chi connectivity index (χ2n) is 2.87. The van der Waals surface area contributed by atoms with E-state index in [2.05, 4.69) is 17.4 Å². The molecule has 0 bridgehead atoms. The number of hydrogen-bond acceptors (Lipinski definition) is 5. The number of phenolic OH excluding ortho intramolecular Hbond substituents is 1. The Balaban J connectivity index is 3.21. The predicted octanol–water partition coefficient (Wildman–Crippen LogP) is 1.98. The fourth-order valence-corrected chi connectivity index (χ4v) is 1.13. The van der Waals surface area contributed by atoms with Gasteiger partial charge in [-0.1, -0.05) is 18.3 Å². The highest BCUT2D eigenvalue weighted by Crippen LogP contribution is 2.27. The molecule has 1 rings (SSSR count). The number of phenols is 1. The average Bonchev–Trinajstić information content (AvgIpc) is 2.27. The van der Waals surface area contributed by atoms with Gasteiger partial charge in [-0.25, -0.2) is 0 Å². The van der Waals surface area contributed by atoms with E-state index in [1.807, 2.05) is 6.07 Å². The van der Waals surface area contributed by atoms with Crippen molar-refractivity contribution >= 4 is 29.0 Å². The summed E-state index contributed by atoms with van der Waals surface area (Å²) in [5.74, 6) is -0.221. The van der Waals surface area contributed by atoms with Crippen LogP contribution in [0.5, 0.6) is 5.75 Å². The smallest absolute Gasteiger partial charge is 0.150 e. The first-order valence-corrected chi connectivity index (χ1v) is 4.57. The van der Waals surface area contributed by atoms with Gasteiger partial charge in [-0.2, -0.15) is 5.26 Å². The lowest BCUT2D eigenvalue weighted by Crippen LogP contribution is -2.09. The van der Waals surface area contributed by atoms with Crippen LogP contribution in [0.25, 0.3) is 6.08 Å². The Kier molecular flexibility index (Phi) is 3.69. The van der Waals surface area contributed by atoms with Gasteiger partial charge < -0.3 is 10.8 Å². The lowest BCUT2D eigenvalue weighted by molar-refractivity contribution is 0.477. The second-order valence-corrected chi connectivity index (χ2v) is 3.31. The highest BCUT2D eigenvalue weighted by molar-refractivity contribution is 7.80. The monoisotopic (exact) mass is 233 g/mol. The number of aromatic hydroxyl groups is 1. The van der Waals surface area contributed by atoms with Gasteiger partial charge in [0.2, 0.25) is 0 Å². The van der Waals surface area contributed by atoms with Crippen molar-refractivity contribution in [1.82, 2.24) is 0 Å². The molecule has 80 valence electrons. The molecule has 0 spiro atoms. The van der Waals surface area contributed by atoms with E-state index in [9.17, 15) is 10.0 Å². The number of thiocarbonyl (C=S) groups is 1. The molecule has 0 saturated carbocycles. The van der Waals surface area contributed by atoms with Gasteiger partial charge >= 0.3 is 0 Å². The van der Waals surface area contributed by atoms with Gasteiger partial charge in [-0.3, -0.25) is 0 Å². The minimum absolute atomic E-state index is 0.0313. The first-order chi connectivity index (χ1) is 7.58. The molecule has 0 amide bonds. The summed E-state index contributed by atoms with van der Waals surface area (Å²) in [5.41, 5.74) is 5.83. The van der Waals surface area contributed by atoms with Gasteiger partial charge in [0.1, 0.15) is 22.5 Å². The summed E-state index contributed by atoms with van der Waals surface area (Å²) in [7, 11) is 0. The van der Waals surface area contributed by atoms with Crippen LogP contribution < -0.4 is 5.73 Å². The van der Waals surface area contributed by atoms with E-state index in [-0.39, 0.29) is 22.0 Å². The molecule has 0 atom stereocenters. The molecular formula is C10H7N3O2S. The number of nitriles is 1. The predicted molar refractivity (Wildman–Crippen MR) is 63.9 cm³/mol. The van der Waals surface area contributed by atoms with Crippen molar-refractivity contribution in [2.24, 2.45) is 10.9 Å². The number of hydrogen-bond donors (Lipinski definition) is 2.